The van der Waals surface area contributed by atoms with Crippen molar-refractivity contribution in [3.8, 4) is 11.3 Å². The molecule has 2 aromatic heterocycles. The summed E-state index contributed by atoms with van der Waals surface area (Å²) in [7, 11) is 0. The molecule has 2 nitrogen and oxygen atoms in total. The van der Waals surface area contributed by atoms with Gasteiger partial charge in [-0.15, -0.1) is 0 Å². The van der Waals surface area contributed by atoms with Crippen LogP contribution in [0.15, 0.2) is 36.7 Å². The fraction of sp³-hybridized carbons (Fsp3) is 0.100. The number of hydrogen-bond acceptors (Lipinski definition) is 1. The van der Waals surface area contributed by atoms with Gasteiger partial charge in [-0.25, -0.2) is 0 Å². The van der Waals surface area contributed by atoms with Gasteiger partial charge in [-0.2, -0.15) is 13.2 Å². The highest BCUT2D eigenvalue weighted by molar-refractivity contribution is 5.62. The molecule has 0 aliphatic heterocycles. The number of alkyl halides is 3. The Hall–Kier alpha value is -1.78. The van der Waals surface area contributed by atoms with Crippen LogP contribution < -0.4 is 0 Å². The van der Waals surface area contributed by atoms with Crippen molar-refractivity contribution in [2.75, 3.05) is 0 Å². The molecule has 0 aromatic carbocycles. The van der Waals surface area contributed by atoms with E-state index in [2.05, 4.69) is 9.97 Å². The zero-order valence-electron chi connectivity index (χ0n) is 7.55. The Morgan fingerprint density at radius 1 is 1.13 bits per heavy atom. The van der Waals surface area contributed by atoms with E-state index in [9.17, 15) is 13.2 Å². The third-order valence-electron chi connectivity index (χ3n) is 1.96. The monoisotopic (exact) mass is 212 g/mol. The SMILES string of the molecule is FC(F)(F)c1ncccc1-c1ccc[nH]1. The van der Waals surface area contributed by atoms with Gasteiger partial charge in [0.25, 0.3) is 0 Å². The average Bonchev–Trinajstić information content (AvgIpc) is 2.69. The van der Waals surface area contributed by atoms with E-state index in [0.29, 0.717) is 5.69 Å². The van der Waals surface area contributed by atoms with Crippen LogP contribution >= 0.6 is 0 Å². The van der Waals surface area contributed by atoms with Crippen molar-refractivity contribution in [3.05, 3.63) is 42.4 Å². The molecule has 2 aromatic rings. The normalized spacial score (nSPS) is 11.7. The van der Waals surface area contributed by atoms with Gasteiger partial charge in [-0.1, -0.05) is 0 Å². The van der Waals surface area contributed by atoms with Gasteiger partial charge >= 0.3 is 6.18 Å². The molecular formula is C10H7F3N2. The first-order valence-electron chi connectivity index (χ1n) is 4.25. The third-order valence-corrected chi connectivity index (χ3v) is 1.96. The predicted octanol–water partition coefficient (Wildman–Crippen LogP) is 3.10. The second kappa shape index (κ2) is 3.42. The van der Waals surface area contributed by atoms with Crippen molar-refractivity contribution < 1.29 is 13.2 Å². The topological polar surface area (TPSA) is 28.7 Å². The highest BCUT2D eigenvalue weighted by Gasteiger charge is 2.35. The number of H-pyrrole nitrogens is 1. The minimum atomic E-state index is -4.43. The smallest absolute Gasteiger partial charge is 0.361 e. The van der Waals surface area contributed by atoms with E-state index in [1.807, 2.05) is 0 Å². The minimum Gasteiger partial charge on any atom is -0.361 e. The Bertz CT molecular complexity index is 446. The summed E-state index contributed by atoms with van der Waals surface area (Å²) in [6.07, 6.45) is -1.72. The maximum Gasteiger partial charge on any atom is 0.434 e. The van der Waals surface area contributed by atoms with Crippen LogP contribution in [0.1, 0.15) is 5.69 Å². The summed E-state index contributed by atoms with van der Waals surface area (Å²) in [6, 6.07) is 6.09. The molecule has 0 atom stereocenters. The zero-order chi connectivity index (χ0) is 10.9. The van der Waals surface area contributed by atoms with Crippen LogP contribution in [0.4, 0.5) is 13.2 Å². The molecule has 0 saturated heterocycles. The molecule has 5 heteroatoms. The highest BCUT2D eigenvalue weighted by atomic mass is 19.4. The Morgan fingerprint density at radius 3 is 2.53 bits per heavy atom. The number of pyridine rings is 1. The van der Waals surface area contributed by atoms with E-state index in [0.717, 1.165) is 6.20 Å². The molecule has 0 fully saturated rings. The van der Waals surface area contributed by atoms with Gasteiger partial charge in [0.15, 0.2) is 5.69 Å². The van der Waals surface area contributed by atoms with Crippen molar-refractivity contribution in [1.29, 1.82) is 0 Å². The van der Waals surface area contributed by atoms with E-state index < -0.39 is 11.9 Å². The number of nitrogens with zero attached hydrogens (tertiary/aromatic N) is 1. The Kier molecular flexibility index (Phi) is 2.22. The summed E-state index contributed by atoms with van der Waals surface area (Å²) in [5.74, 6) is 0. The quantitative estimate of drug-likeness (QED) is 0.773. The van der Waals surface area contributed by atoms with Gasteiger partial charge in [0, 0.05) is 23.7 Å². The first kappa shape index (κ1) is 9.76. The Labute approximate surface area is 83.8 Å². The van der Waals surface area contributed by atoms with Gasteiger partial charge in [-0.3, -0.25) is 4.98 Å². The number of aromatic amines is 1. The number of hydrogen-bond donors (Lipinski definition) is 1. The number of aromatic nitrogens is 2. The van der Waals surface area contributed by atoms with Crippen LogP contribution in [0.5, 0.6) is 0 Å². The van der Waals surface area contributed by atoms with Crippen molar-refractivity contribution in [2.24, 2.45) is 0 Å². The highest BCUT2D eigenvalue weighted by Crippen LogP contribution is 2.34. The molecule has 0 bridgehead atoms. The van der Waals surface area contributed by atoms with Gasteiger partial charge < -0.3 is 4.98 Å². The fourth-order valence-corrected chi connectivity index (χ4v) is 1.35. The van der Waals surface area contributed by atoms with Crippen molar-refractivity contribution in [2.45, 2.75) is 6.18 Å². The molecular weight excluding hydrogens is 205 g/mol. The summed E-state index contributed by atoms with van der Waals surface area (Å²) in [5, 5.41) is 0. The zero-order valence-corrected chi connectivity index (χ0v) is 7.55. The van der Waals surface area contributed by atoms with E-state index in [-0.39, 0.29) is 5.56 Å². The second-order valence-corrected chi connectivity index (χ2v) is 2.98. The maximum atomic E-state index is 12.6. The van der Waals surface area contributed by atoms with Crippen LogP contribution in [-0.4, -0.2) is 9.97 Å². The van der Waals surface area contributed by atoms with Gasteiger partial charge in [0.05, 0.1) is 0 Å². The molecule has 0 amide bonds. The first-order chi connectivity index (χ1) is 7.09. The third kappa shape index (κ3) is 1.86. The second-order valence-electron chi connectivity index (χ2n) is 2.98. The minimum absolute atomic E-state index is 0.0648. The molecule has 1 N–H and O–H groups in total. The average molecular weight is 212 g/mol. The lowest BCUT2D eigenvalue weighted by Crippen LogP contribution is -2.09. The molecule has 0 unspecified atom stereocenters. The molecule has 2 heterocycles. The van der Waals surface area contributed by atoms with Crippen molar-refractivity contribution in [3.63, 3.8) is 0 Å². The molecule has 0 spiro atoms. The number of rotatable bonds is 1. The lowest BCUT2D eigenvalue weighted by Gasteiger charge is -2.09. The standard InChI is InChI=1S/C10H7F3N2/c11-10(12,13)9-7(3-1-6-15-9)8-4-2-5-14-8/h1-6,14H. The van der Waals surface area contributed by atoms with Crippen LogP contribution in [0.3, 0.4) is 0 Å². The van der Waals surface area contributed by atoms with E-state index in [1.165, 1.54) is 12.1 Å². The predicted molar refractivity (Wildman–Crippen MR) is 49.0 cm³/mol. The van der Waals surface area contributed by atoms with Crippen LogP contribution in [0.25, 0.3) is 11.3 Å². The lowest BCUT2D eigenvalue weighted by molar-refractivity contribution is -0.140. The van der Waals surface area contributed by atoms with Crippen LogP contribution in [-0.2, 0) is 6.18 Å². The summed E-state index contributed by atoms with van der Waals surface area (Å²) < 4.78 is 37.7. The molecule has 15 heavy (non-hydrogen) atoms. The van der Waals surface area contributed by atoms with E-state index in [4.69, 9.17) is 0 Å². The molecule has 0 saturated carbocycles. The molecule has 78 valence electrons. The maximum absolute atomic E-state index is 12.6. The molecule has 2 rings (SSSR count). The van der Waals surface area contributed by atoms with Crippen LogP contribution in [0, 0.1) is 0 Å². The van der Waals surface area contributed by atoms with Crippen molar-refractivity contribution in [1.82, 2.24) is 9.97 Å². The molecule has 0 aliphatic carbocycles. The van der Waals surface area contributed by atoms with Crippen LogP contribution in [0.2, 0.25) is 0 Å². The largest absolute Gasteiger partial charge is 0.434 e. The number of halogens is 3. The lowest BCUT2D eigenvalue weighted by atomic mass is 10.1. The van der Waals surface area contributed by atoms with E-state index >= 15 is 0 Å². The summed E-state index contributed by atoms with van der Waals surface area (Å²) >= 11 is 0. The van der Waals surface area contributed by atoms with E-state index in [1.54, 1.807) is 18.3 Å². The van der Waals surface area contributed by atoms with Gasteiger partial charge in [0.2, 0.25) is 0 Å². The van der Waals surface area contributed by atoms with Gasteiger partial charge in [-0.05, 0) is 24.3 Å². The summed E-state index contributed by atoms with van der Waals surface area (Å²) in [5.41, 5.74) is -0.391. The summed E-state index contributed by atoms with van der Waals surface area (Å²) in [6.45, 7) is 0. The number of nitrogens with one attached hydrogen (secondary N) is 1. The Balaban J connectivity index is 2.58. The molecule has 0 aliphatic rings. The van der Waals surface area contributed by atoms with Crippen molar-refractivity contribution >= 4 is 0 Å². The Morgan fingerprint density at radius 2 is 1.93 bits per heavy atom. The van der Waals surface area contributed by atoms with Gasteiger partial charge in [0.1, 0.15) is 0 Å². The molecule has 0 radical (unpaired) electrons. The first-order valence-corrected chi connectivity index (χ1v) is 4.25. The fourth-order valence-electron chi connectivity index (χ4n) is 1.35. The summed E-state index contributed by atoms with van der Waals surface area (Å²) in [4.78, 5) is 6.09.